The van der Waals surface area contributed by atoms with Gasteiger partial charge in [0.05, 0.1) is 0 Å². The molecule has 0 aliphatic rings. The highest BCUT2D eigenvalue weighted by Crippen LogP contribution is 2.33. The van der Waals surface area contributed by atoms with E-state index in [2.05, 4.69) is 35.8 Å². The molecule has 0 N–H and O–H groups in total. The van der Waals surface area contributed by atoms with Crippen molar-refractivity contribution in [1.82, 2.24) is 19.6 Å². The molecule has 2 rings (SSSR count). The smallest absolute Gasteiger partial charge is 0.216 e. The van der Waals surface area contributed by atoms with Crippen molar-refractivity contribution >= 4 is 5.78 Å². The summed E-state index contributed by atoms with van der Waals surface area (Å²) in [6.45, 7) is 9.85. The van der Waals surface area contributed by atoms with Crippen LogP contribution >= 0.6 is 0 Å². The molecule has 1 unspecified atom stereocenters. The van der Waals surface area contributed by atoms with Gasteiger partial charge in [0.2, 0.25) is 0 Å². The molecule has 0 aromatic carbocycles. The van der Waals surface area contributed by atoms with Crippen LogP contribution in [0, 0.1) is 19.8 Å². The van der Waals surface area contributed by atoms with Crippen molar-refractivity contribution in [3.05, 3.63) is 22.8 Å². The Balaban J connectivity index is 2.69. The zero-order chi connectivity index (χ0) is 15.9. The van der Waals surface area contributed by atoms with Gasteiger partial charge in [0.1, 0.15) is 0 Å². The maximum Gasteiger partial charge on any atom is 0.453 e. The van der Waals surface area contributed by atoms with Gasteiger partial charge in [0.15, 0.2) is 0 Å². The van der Waals surface area contributed by atoms with Crippen LogP contribution in [0.5, 0.6) is 0 Å². The van der Waals surface area contributed by atoms with Crippen molar-refractivity contribution in [2.45, 2.75) is 53.1 Å². The van der Waals surface area contributed by atoms with Gasteiger partial charge in [0.25, 0.3) is 11.6 Å². The van der Waals surface area contributed by atoms with E-state index in [0.29, 0.717) is 11.6 Å². The molecule has 21 heavy (non-hydrogen) atoms. The van der Waals surface area contributed by atoms with Gasteiger partial charge in [-0.25, -0.2) is 9.50 Å². The van der Waals surface area contributed by atoms with E-state index in [-0.39, 0.29) is 11.7 Å². The molecule has 0 spiro atoms. The SMILES string of the molecule is CCC(c1c(C)nc2nc(C(F)(F)F)nn2c1C)C(C)C. The average molecular weight is 300 g/mol. The number of fused-ring (bicyclic) bond motifs is 1. The first-order valence-corrected chi connectivity index (χ1v) is 6.97. The number of alkyl halides is 3. The maximum atomic E-state index is 12.7. The van der Waals surface area contributed by atoms with E-state index < -0.39 is 12.0 Å². The molecular weight excluding hydrogens is 281 g/mol. The van der Waals surface area contributed by atoms with Crippen LogP contribution in [0.4, 0.5) is 13.2 Å². The molecule has 0 radical (unpaired) electrons. The Morgan fingerprint density at radius 1 is 1.14 bits per heavy atom. The first-order chi connectivity index (χ1) is 9.66. The molecule has 116 valence electrons. The number of halogens is 3. The fourth-order valence-electron chi connectivity index (χ4n) is 2.85. The number of nitrogens with zero attached hydrogens (tertiary/aromatic N) is 4. The largest absolute Gasteiger partial charge is 0.453 e. The molecule has 0 fully saturated rings. The molecule has 4 nitrogen and oxygen atoms in total. The van der Waals surface area contributed by atoms with Crippen LogP contribution in [0.25, 0.3) is 5.78 Å². The molecular formula is C14H19F3N4. The molecule has 1 atom stereocenters. The Morgan fingerprint density at radius 2 is 1.76 bits per heavy atom. The minimum Gasteiger partial charge on any atom is -0.216 e. The summed E-state index contributed by atoms with van der Waals surface area (Å²) in [6.07, 6.45) is -3.66. The third-order valence-electron chi connectivity index (χ3n) is 3.82. The van der Waals surface area contributed by atoms with Crippen LogP contribution < -0.4 is 0 Å². The highest BCUT2D eigenvalue weighted by molar-refractivity contribution is 5.39. The van der Waals surface area contributed by atoms with Gasteiger partial charge in [-0.15, -0.1) is 5.10 Å². The fraction of sp³-hybridized carbons (Fsp3) is 0.643. The molecule has 0 bridgehead atoms. The Bertz CT molecular complexity index is 658. The third kappa shape index (κ3) is 2.73. The minimum atomic E-state index is -4.56. The molecule has 0 aliphatic carbocycles. The van der Waals surface area contributed by atoms with E-state index in [4.69, 9.17) is 0 Å². The lowest BCUT2D eigenvalue weighted by Crippen LogP contribution is -2.14. The van der Waals surface area contributed by atoms with E-state index >= 15 is 0 Å². The highest BCUT2D eigenvalue weighted by Gasteiger charge is 2.37. The van der Waals surface area contributed by atoms with Crippen molar-refractivity contribution in [3.8, 4) is 0 Å². The maximum absolute atomic E-state index is 12.7. The van der Waals surface area contributed by atoms with Gasteiger partial charge in [-0.3, -0.25) is 0 Å². The summed E-state index contributed by atoms with van der Waals surface area (Å²) in [5, 5.41) is 3.58. The first-order valence-electron chi connectivity index (χ1n) is 6.97. The molecule has 2 aromatic rings. The van der Waals surface area contributed by atoms with Crippen molar-refractivity contribution < 1.29 is 13.2 Å². The van der Waals surface area contributed by atoms with Crippen LogP contribution in [0.3, 0.4) is 0 Å². The van der Waals surface area contributed by atoms with Crippen molar-refractivity contribution in [3.63, 3.8) is 0 Å². The lowest BCUT2D eigenvalue weighted by atomic mass is 9.84. The number of rotatable bonds is 3. The Hall–Kier alpha value is -1.66. The fourth-order valence-corrected chi connectivity index (χ4v) is 2.85. The summed E-state index contributed by atoms with van der Waals surface area (Å²) >= 11 is 0. The van der Waals surface area contributed by atoms with Crippen molar-refractivity contribution in [2.75, 3.05) is 0 Å². The predicted octanol–water partition coefficient (Wildman–Crippen LogP) is 3.91. The highest BCUT2D eigenvalue weighted by atomic mass is 19.4. The van der Waals surface area contributed by atoms with Crippen molar-refractivity contribution in [2.24, 2.45) is 5.92 Å². The summed E-state index contributed by atoms with van der Waals surface area (Å²) in [5.41, 5.74) is 2.38. The lowest BCUT2D eigenvalue weighted by Gasteiger charge is -2.23. The van der Waals surface area contributed by atoms with Gasteiger partial charge in [-0.2, -0.15) is 18.2 Å². The zero-order valence-corrected chi connectivity index (χ0v) is 12.8. The van der Waals surface area contributed by atoms with Gasteiger partial charge in [-0.1, -0.05) is 20.8 Å². The molecule has 0 saturated heterocycles. The molecule has 0 saturated carbocycles. The summed E-state index contributed by atoms with van der Waals surface area (Å²) in [6, 6.07) is 0. The third-order valence-corrected chi connectivity index (χ3v) is 3.82. The molecule has 2 aromatic heterocycles. The van der Waals surface area contributed by atoms with Crippen LogP contribution in [-0.4, -0.2) is 19.6 Å². The molecule has 7 heteroatoms. The van der Waals surface area contributed by atoms with Gasteiger partial charge in [0, 0.05) is 11.4 Å². The average Bonchev–Trinajstić information content (AvgIpc) is 2.77. The van der Waals surface area contributed by atoms with Gasteiger partial charge in [-0.05, 0) is 37.7 Å². The molecule has 2 heterocycles. The summed E-state index contributed by atoms with van der Waals surface area (Å²) in [7, 11) is 0. The molecule has 0 amide bonds. The zero-order valence-electron chi connectivity index (χ0n) is 12.8. The van der Waals surface area contributed by atoms with Gasteiger partial charge >= 0.3 is 6.18 Å². The second-order valence-corrected chi connectivity index (χ2v) is 5.60. The second-order valence-electron chi connectivity index (χ2n) is 5.60. The van der Waals surface area contributed by atoms with E-state index in [0.717, 1.165) is 17.7 Å². The summed E-state index contributed by atoms with van der Waals surface area (Å²) < 4.78 is 39.4. The van der Waals surface area contributed by atoms with E-state index in [1.165, 1.54) is 4.52 Å². The summed E-state index contributed by atoms with van der Waals surface area (Å²) in [4.78, 5) is 7.70. The monoisotopic (exact) mass is 300 g/mol. The second kappa shape index (κ2) is 5.27. The summed E-state index contributed by atoms with van der Waals surface area (Å²) in [5.74, 6) is -0.537. The lowest BCUT2D eigenvalue weighted by molar-refractivity contribution is -0.144. The van der Waals surface area contributed by atoms with Crippen LogP contribution in [0.15, 0.2) is 0 Å². The normalized spacial score (nSPS) is 14.1. The van der Waals surface area contributed by atoms with E-state index in [1.807, 2.05) is 6.92 Å². The van der Waals surface area contributed by atoms with E-state index in [9.17, 15) is 13.2 Å². The Morgan fingerprint density at radius 3 is 2.24 bits per heavy atom. The van der Waals surface area contributed by atoms with E-state index in [1.54, 1.807) is 6.92 Å². The quantitative estimate of drug-likeness (QED) is 0.863. The predicted molar refractivity (Wildman–Crippen MR) is 73.1 cm³/mol. The minimum absolute atomic E-state index is 0.000292. The standard InChI is InChI=1S/C14H19F3N4/c1-6-10(7(2)3)11-8(4)18-13-19-12(14(15,16)17)20-21(13)9(11)5/h7,10H,6H2,1-5H3. The number of hydrogen-bond acceptors (Lipinski definition) is 3. The van der Waals surface area contributed by atoms with Gasteiger partial charge < -0.3 is 0 Å². The molecule has 0 aliphatic heterocycles. The number of hydrogen-bond donors (Lipinski definition) is 0. The Labute approximate surface area is 121 Å². The van der Waals surface area contributed by atoms with Crippen LogP contribution in [-0.2, 0) is 6.18 Å². The number of aromatic nitrogens is 4. The number of aryl methyl sites for hydroxylation is 2. The van der Waals surface area contributed by atoms with Crippen LogP contribution in [0.1, 0.15) is 55.9 Å². The Kier molecular flexibility index (Phi) is 3.95. The topological polar surface area (TPSA) is 43.1 Å². The first kappa shape index (κ1) is 15.7. The van der Waals surface area contributed by atoms with Crippen LogP contribution in [0.2, 0.25) is 0 Å². The van der Waals surface area contributed by atoms with Crippen molar-refractivity contribution in [1.29, 1.82) is 0 Å².